The molecule has 6 heteroatoms. The van der Waals surface area contributed by atoms with Crippen LogP contribution in [0.1, 0.15) is 48.1 Å². The Hall–Kier alpha value is -3.64. The third kappa shape index (κ3) is 4.61. The molecule has 0 aromatic heterocycles. The molecule has 1 spiro atoms. The zero-order chi connectivity index (χ0) is 25.0. The highest BCUT2D eigenvalue weighted by Gasteiger charge is 2.55. The fraction of sp³-hybridized carbons (Fsp3) is 0.333. The van der Waals surface area contributed by atoms with Crippen molar-refractivity contribution in [3.8, 4) is 5.75 Å². The number of carbonyl (C=O) groups excluding carboxylic acids is 1. The molecule has 0 bridgehead atoms. The zero-order valence-electron chi connectivity index (χ0n) is 20.6. The van der Waals surface area contributed by atoms with Gasteiger partial charge in [0.1, 0.15) is 5.75 Å². The van der Waals surface area contributed by atoms with Crippen LogP contribution in [0.15, 0.2) is 83.9 Å². The first kappa shape index (κ1) is 24.1. The number of aliphatic hydroxyl groups is 1. The lowest BCUT2D eigenvalue weighted by Gasteiger charge is -2.33. The lowest BCUT2D eigenvalue weighted by atomic mass is 9.82. The predicted octanol–water partition coefficient (Wildman–Crippen LogP) is 4.70. The summed E-state index contributed by atoms with van der Waals surface area (Å²) in [6, 6.07) is 25.8. The largest absolute Gasteiger partial charge is 0.494 e. The van der Waals surface area contributed by atoms with Crippen LogP contribution in [0, 0.1) is 0 Å². The molecule has 2 aliphatic rings. The van der Waals surface area contributed by atoms with Crippen molar-refractivity contribution in [3.63, 3.8) is 0 Å². The van der Waals surface area contributed by atoms with Crippen molar-refractivity contribution in [3.05, 3.63) is 101 Å². The van der Waals surface area contributed by atoms with Crippen molar-refractivity contribution < 1.29 is 19.4 Å². The molecule has 1 amide bonds. The van der Waals surface area contributed by atoms with Gasteiger partial charge in [-0.1, -0.05) is 61.5 Å². The molecule has 0 aliphatic carbocycles. The third-order valence-corrected chi connectivity index (χ3v) is 6.83. The number of nitrogens with zero attached hydrogens (tertiary/aromatic N) is 2. The smallest absolute Gasteiger partial charge is 0.255 e. The molecular weight excluding hydrogens is 452 g/mol. The van der Waals surface area contributed by atoms with Gasteiger partial charge in [-0.2, -0.15) is 0 Å². The van der Waals surface area contributed by atoms with E-state index >= 15 is 0 Å². The Labute approximate surface area is 212 Å². The quantitative estimate of drug-likeness (QED) is 0.471. The SMILES string of the molecule is CCCN1Cc2ccccc2C[C@]2(N=C(c3ccc(OCCCO)cc3)O[C@@H]2c2ccccc2)C1=O. The number of ether oxygens (including phenoxy) is 2. The van der Waals surface area contributed by atoms with E-state index in [0.29, 0.717) is 44.2 Å². The highest BCUT2D eigenvalue weighted by Crippen LogP contribution is 2.45. The van der Waals surface area contributed by atoms with Gasteiger partial charge in [-0.3, -0.25) is 4.79 Å². The molecule has 0 saturated carbocycles. The number of rotatable bonds is 8. The molecule has 36 heavy (non-hydrogen) atoms. The molecule has 186 valence electrons. The lowest BCUT2D eigenvalue weighted by molar-refractivity contribution is -0.140. The number of hydrogen-bond donors (Lipinski definition) is 1. The number of benzene rings is 3. The van der Waals surface area contributed by atoms with Gasteiger partial charge in [-0.15, -0.1) is 0 Å². The second-order valence-electron chi connectivity index (χ2n) is 9.37. The van der Waals surface area contributed by atoms with Crippen molar-refractivity contribution in [1.82, 2.24) is 4.90 Å². The summed E-state index contributed by atoms with van der Waals surface area (Å²) in [5.41, 5.74) is 2.94. The molecule has 6 nitrogen and oxygen atoms in total. The van der Waals surface area contributed by atoms with E-state index < -0.39 is 11.6 Å². The molecule has 1 N–H and O–H groups in total. The summed E-state index contributed by atoms with van der Waals surface area (Å²) >= 11 is 0. The maximum Gasteiger partial charge on any atom is 0.255 e. The monoisotopic (exact) mass is 484 g/mol. The Morgan fingerprint density at radius 3 is 2.47 bits per heavy atom. The summed E-state index contributed by atoms with van der Waals surface area (Å²) < 4.78 is 12.2. The molecule has 5 rings (SSSR count). The minimum Gasteiger partial charge on any atom is -0.494 e. The normalized spacial score (nSPS) is 21.1. The molecule has 2 heterocycles. The molecule has 3 aromatic rings. The Bertz CT molecular complexity index is 1230. The van der Waals surface area contributed by atoms with Crippen molar-refractivity contribution in [1.29, 1.82) is 0 Å². The first-order valence-electron chi connectivity index (χ1n) is 12.7. The molecule has 3 aromatic carbocycles. The van der Waals surface area contributed by atoms with Gasteiger partial charge >= 0.3 is 0 Å². The van der Waals surface area contributed by atoms with E-state index in [1.54, 1.807) is 0 Å². The average Bonchev–Trinajstić information content (AvgIpc) is 3.25. The second-order valence-corrected chi connectivity index (χ2v) is 9.37. The first-order chi connectivity index (χ1) is 17.6. The van der Waals surface area contributed by atoms with Crippen LogP contribution in [0.25, 0.3) is 0 Å². The Balaban J connectivity index is 1.58. The minimum atomic E-state index is -1.09. The van der Waals surface area contributed by atoms with Gasteiger partial charge < -0.3 is 19.5 Å². The fourth-order valence-electron chi connectivity index (χ4n) is 5.07. The van der Waals surface area contributed by atoms with Crippen LogP contribution in [0.5, 0.6) is 5.75 Å². The topological polar surface area (TPSA) is 71.4 Å². The van der Waals surface area contributed by atoms with Crippen LogP contribution >= 0.6 is 0 Å². The average molecular weight is 485 g/mol. The van der Waals surface area contributed by atoms with Gasteiger partial charge in [0.05, 0.1) is 6.61 Å². The van der Waals surface area contributed by atoms with Crippen molar-refractivity contribution in [2.45, 2.75) is 44.4 Å². The molecule has 0 saturated heterocycles. The molecule has 2 atom stereocenters. The molecular formula is C30H32N2O4. The second kappa shape index (κ2) is 10.5. The third-order valence-electron chi connectivity index (χ3n) is 6.83. The van der Waals surface area contributed by atoms with Crippen LogP contribution in [0.3, 0.4) is 0 Å². The molecule has 0 fully saturated rings. The number of carbonyl (C=O) groups is 1. The molecule has 2 aliphatic heterocycles. The maximum atomic E-state index is 14.3. The van der Waals surface area contributed by atoms with Gasteiger partial charge in [0.15, 0.2) is 11.6 Å². The first-order valence-corrected chi connectivity index (χ1v) is 12.7. The van der Waals surface area contributed by atoms with Crippen molar-refractivity contribution >= 4 is 11.8 Å². The Morgan fingerprint density at radius 1 is 1.03 bits per heavy atom. The van der Waals surface area contributed by atoms with Gasteiger partial charge in [-0.25, -0.2) is 4.99 Å². The van der Waals surface area contributed by atoms with E-state index in [9.17, 15) is 4.79 Å². The molecule has 0 radical (unpaired) electrons. The summed E-state index contributed by atoms with van der Waals surface area (Å²) in [7, 11) is 0. The van der Waals surface area contributed by atoms with E-state index in [2.05, 4.69) is 19.1 Å². The van der Waals surface area contributed by atoms with Crippen LogP contribution in [0.4, 0.5) is 0 Å². The molecule has 0 unspecified atom stereocenters. The van der Waals surface area contributed by atoms with Gasteiger partial charge in [0.2, 0.25) is 5.90 Å². The predicted molar refractivity (Wildman–Crippen MR) is 139 cm³/mol. The van der Waals surface area contributed by atoms with E-state index in [4.69, 9.17) is 19.6 Å². The number of amides is 1. The van der Waals surface area contributed by atoms with Crippen LogP contribution in [-0.4, -0.2) is 47.1 Å². The summed E-state index contributed by atoms with van der Waals surface area (Å²) in [4.78, 5) is 21.3. The Morgan fingerprint density at radius 2 is 1.75 bits per heavy atom. The number of fused-ring (bicyclic) bond motifs is 1. The number of aliphatic hydroxyl groups excluding tert-OH is 1. The zero-order valence-corrected chi connectivity index (χ0v) is 20.6. The summed E-state index contributed by atoms with van der Waals surface area (Å²) in [5, 5.41) is 8.98. The maximum absolute atomic E-state index is 14.3. The summed E-state index contributed by atoms with van der Waals surface area (Å²) in [5.74, 6) is 1.19. The van der Waals surface area contributed by atoms with Gasteiger partial charge in [-0.05, 0) is 47.4 Å². The highest BCUT2D eigenvalue weighted by molar-refractivity contribution is 6.01. The fourth-order valence-corrected chi connectivity index (χ4v) is 5.07. The van der Waals surface area contributed by atoms with Crippen LogP contribution in [-0.2, 0) is 22.5 Å². The summed E-state index contributed by atoms with van der Waals surface area (Å²) in [6.45, 7) is 3.89. The van der Waals surface area contributed by atoms with E-state index in [1.807, 2.05) is 71.6 Å². The standard InChI is InChI=1S/C30H32N2O4/c1-2-17-32-21-25-12-7-6-11-24(25)20-30(29(32)34)27(22-9-4-3-5-10-22)36-28(31-30)23-13-15-26(16-14-23)35-19-8-18-33/h3-7,9-16,27,33H,2,8,17-21H2,1H3/t27-,30-/m1/s1. The summed E-state index contributed by atoms with van der Waals surface area (Å²) in [6.07, 6.45) is 1.40. The van der Waals surface area contributed by atoms with E-state index in [-0.39, 0.29) is 12.5 Å². The van der Waals surface area contributed by atoms with E-state index in [1.165, 1.54) is 0 Å². The number of hydrogen-bond acceptors (Lipinski definition) is 5. The lowest BCUT2D eigenvalue weighted by Crippen LogP contribution is -2.50. The Kier molecular flexibility index (Phi) is 7.05. The highest BCUT2D eigenvalue weighted by atomic mass is 16.5. The van der Waals surface area contributed by atoms with Crippen LogP contribution in [0.2, 0.25) is 0 Å². The minimum absolute atomic E-state index is 0.00774. The van der Waals surface area contributed by atoms with Gasteiger partial charge in [0, 0.05) is 38.1 Å². The van der Waals surface area contributed by atoms with Crippen LogP contribution < -0.4 is 4.74 Å². The van der Waals surface area contributed by atoms with Crippen molar-refractivity contribution in [2.24, 2.45) is 4.99 Å². The van der Waals surface area contributed by atoms with Crippen molar-refractivity contribution in [2.75, 3.05) is 19.8 Å². The number of aliphatic imine (C=N–C) groups is 1. The van der Waals surface area contributed by atoms with E-state index in [0.717, 1.165) is 28.7 Å². The van der Waals surface area contributed by atoms with Gasteiger partial charge in [0.25, 0.3) is 5.91 Å².